The Bertz CT molecular complexity index is 58.7. The zero-order chi connectivity index (χ0) is 4.28. The van der Waals surface area contributed by atoms with Crippen molar-refractivity contribution in [2.45, 2.75) is 0 Å². The quantitative estimate of drug-likeness (QED) is 0.350. The third-order valence-corrected chi connectivity index (χ3v) is 0.445. The van der Waals surface area contributed by atoms with E-state index in [9.17, 15) is 9.36 Å². The molecule has 0 spiro atoms. The van der Waals surface area contributed by atoms with Crippen LogP contribution < -0.4 is 0 Å². The third-order valence-electron chi connectivity index (χ3n) is 0.148. The highest BCUT2D eigenvalue weighted by Gasteiger charge is 1.95. The molecule has 0 aliphatic heterocycles. The van der Waals surface area contributed by atoms with E-state index in [1.807, 2.05) is 0 Å². The Morgan fingerprint density at radius 3 is 2.00 bits per heavy atom. The van der Waals surface area contributed by atoms with Crippen LogP contribution in [0.2, 0.25) is 0 Å². The molecule has 3 heteroatoms. The Labute approximate surface area is 31.0 Å². The van der Waals surface area contributed by atoms with Crippen molar-refractivity contribution in [2.75, 3.05) is 6.66 Å². The van der Waals surface area contributed by atoms with E-state index in [4.69, 9.17) is 0 Å². The van der Waals surface area contributed by atoms with Crippen LogP contribution in [0.4, 0.5) is 0 Å². The van der Waals surface area contributed by atoms with Gasteiger partial charge in [0.05, 0.1) is 0 Å². The SMILES string of the molecule is C[P+](=O)C=O. The lowest BCUT2D eigenvalue weighted by molar-refractivity contribution is 0.559. The third kappa shape index (κ3) is 3.77. The molecule has 2 nitrogen and oxygen atoms in total. The van der Waals surface area contributed by atoms with Crippen molar-refractivity contribution in [3.63, 3.8) is 0 Å². The second kappa shape index (κ2) is 2.04. The monoisotopic (exact) mass is 91.0 g/mol. The van der Waals surface area contributed by atoms with E-state index in [2.05, 4.69) is 0 Å². The van der Waals surface area contributed by atoms with E-state index in [0.29, 0.717) is 6.03 Å². The average molecular weight is 91.0 g/mol. The molecule has 1 atom stereocenters. The molecule has 0 aromatic rings. The molecule has 1 unspecified atom stereocenters. The van der Waals surface area contributed by atoms with Crippen molar-refractivity contribution in [3.8, 4) is 0 Å². The van der Waals surface area contributed by atoms with Crippen LogP contribution in [-0.2, 0) is 9.36 Å². The lowest BCUT2D eigenvalue weighted by Crippen LogP contribution is -1.48. The predicted octanol–water partition coefficient (Wildman–Crippen LogP) is 0.634. The molecule has 0 rings (SSSR count). The first-order chi connectivity index (χ1) is 2.27. The van der Waals surface area contributed by atoms with E-state index in [1.54, 1.807) is 0 Å². The van der Waals surface area contributed by atoms with E-state index in [1.165, 1.54) is 6.66 Å². The number of carbonyl (C=O) groups excluding carboxylic acids is 1. The lowest BCUT2D eigenvalue weighted by atomic mass is 11.8. The van der Waals surface area contributed by atoms with Crippen LogP contribution in [0.1, 0.15) is 0 Å². The maximum absolute atomic E-state index is 9.59. The first kappa shape index (κ1) is 4.77. The molecule has 0 aliphatic rings. The van der Waals surface area contributed by atoms with Crippen LogP contribution in [0, 0.1) is 0 Å². The Kier molecular flexibility index (Phi) is 1.94. The van der Waals surface area contributed by atoms with E-state index >= 15 is 0 Å². The molecule has 0 heterocycles. The minimum absolute atomic E-state index is 0.426. The van der Waals surface area contributed by atoms with Gasteiger partial charge in [-0.15, -0.1) is 0 Å². The van der Waals surface area contributed by atoms with Crippen molar-refractivity contribution in [1.29, 1.82) is 0 Å². The molecule has 0 fully saturated rings. The van der Waals surface area contributed by atoms with Gasteiger partial charge in [-0.1, -0.05) is 4.57 Å². The molecule has 28 valence electrons. The minimum Gasteiger partial charge on any atom is -0.244 e. The standard InChI is InChI=1S/C2H4O2P/c1-5(4)2-3/h2H,1H3/q+1. The first-order valence-electron chi connectivity index (χ1n) is 1.12. The molecule has 0 saturated carbocycles. The Morgan fingerprint density at radius 2 is 2.00 bits per heavy atom. The van der Waals surface area contributed by atoms with E-state index < -0.39 is 7.80 Å². The zero-order valence-corrected chi connectivity index (χ0v) is 3.74. The molecule has 0 aromatic carbocycles. The second-order valence-electron chi connectivity index (χ2n) is 0.652. The fraction of sp³-hybridized carbons (Fsp3) is 0.500. The summed E-state index contributed by atoms with van der Waals surface area (Å²) in [6.45, 7) is 1.36. The van der Waals surface area contributed by atoms with E-state index in [-0.39, 0.29) is 0 Å². The Balaban J connectivity index is 3.20. The van der Waals surface area contributed by atoms with Crippen LogP contribution >= 0.6 is 7.80 Å². The number of hydrogen-bond donors (Lipinski definition) is 0. The zero-order valence-electron chi connectivity index (χ0n) is 2.84. The fourth-order valence-electron chi connectivity index (χ4n) is 0. The molecule has 0 aromatic heterocycles. The van der Waals surface area contributed by atoms with E-state index in [0.717, 1.165) is 0 Å². The van der Waals surface area contributed by atoms with Gasteiger partial charge in [-0.2, -0.15) is 0 Å². The molecular weight excluding hydrogens is 87.0 g/mol. The summed E-state index contributed by atoms with van der Waals surface area (Å²) in [7, 11) is -1.53. The van der Waals surface area contributed by atoms with Gasteiger partial charge in [-0.25, -0.2) is 4.79 Å². The topological polar surface area (TPSA) is 34.1 Å². The summed E-state index contributed by atoms with van der Waals surface area (Å²) in [5, 5.41) is 0. The maximum Gasteiger partial charge on any atom is 0.408 e. The summed E-state index contributed by atoms with van der Waals surface area (Å²) in [6, 6.07) is 0.426. The first-order valence-corrected chi connectivity index (χ1v) is 2.90. The normalized spacial score (nSPS) is 10.2. The van der Waals surface area contributed by atoms with Crippen LogP contribution in [0.15, 0.2) is 0 Å². The molecule has 0 amide bonds. The number of hydrogen-bond acceptors (Lipinski definition) is 2. The summed E-state index contributed by atoms with van der Waals surface area (Å²) in [4.78, 5) is 9.22. The van der Waals surface area contributed by atoms with Gasteiger partial charge in [0.2, 0.25) is 0 Å². The molecular formula is C2H4O2P+. The fourth-order valence-corrected chi connectivity index (χ4v) is 0. The van der Waals surface area contributed by atoms with Gasteiger partial charge >= 0.3 is 13.8 Å². The molecule has 0 aliphatic carbocycles. The molecule has 0 radical (unpaired) electrons. The van der Waals surface area contributed by atoms with Gasteiger partial charge < -0.3 is 0 Å². The Hall–Kier alpha value is -0.230. The van der Waals surface area contributed by atoms with Crippen molar-refractivity contribution in [2.24, 2.45) is 0 Å². The highest BCUT2D eigenvalue weighted by atomic mass is 31.1. The summed E-state index contributed by atoms with van der Waals surface area (Å²) in [5.74, 6) is 0. The molecule has 0 N–H and O–H groups in total. The predicted molar refractivity (Wildman–Crippen MR) is 20.3 cm³/mol. The van der Waals surface area contributed by atoms with Crippen LogP contribution in [-0.4, -0.2) is 12.7 Å². The van der Waals surface area contributed by atoms with Crippen molar-refractivity contribution in [1.82, 2.24) is 0 Å². The summed E-state index contributed by atoms with van der Waals surface area (Å²) in [6.07, 6.45) is 0. The smallest absolute Gasteiger partial charge is 0.244 e. The van der Waals surface area contributed by atoms with Gasteiger partial charge in [-0.05, 0) is 0 Å². The molecule has 0 bridgehead atoms. The highest BCUT2D eigenvalue weighted by Crippen LogP contribution is 2.03. The largest absolute Gasteiger partial charge is 0.408 e. The van der Waals surface area contributed by atoms with Crippen molar-refractivity contribution in [3.05, 3.63) is 0 Å². The average Bonchev–Trinajstić information content (AvgIpc) is 1.38. The van der Waals surface area contributed by atoms with Crippen LogP contribution in [0.5, 0.6) is 0 Å². The van der Waals surface area contributed by atoms with Gasteiger partial charge in [0.15, 0.2) is 0 Å². The Morgan fingerprint density at radius 1 is 1.80 bits per heavy atom. The van der Waals surface area contributed by atoms with Crippen molar-refractivity contribution >= 4 is 13.8 Å². The minimum atomic E-state index is -1.53. The van der Waals surface area contributed by atoms with Crippen LogP contribution in [0.25, 0.3) is 0 Å². The second-order valence-corrected chi connectivity index (χ2v) is 1.95. The maximum atomic E-state index is 9.59. The summed E-state index contributed by atoms with van der Waals surface area (Å²) < 4.78 is 9.59. The van der Waals surface area contributed by atoms with Gasteiger partial charge in [-0.3, -0.25) is 0 Å². The molecule has 5 heavy (non-hydrogen) atoms. The molecule has 0 saturated heterocycles. The highest BCUT2D eigenvalue weighted by molar-refractivity contribution is 7.60. The van der Waals surface area contributed by atoms with Gasteiger partial charge in [0.1, 0.15) is 6.66 Å². The number of carbonyl (C=O) groups is 1. The summed E-state index contributed by atoms with van der Waals surface area (Å²) in [5.41, 5.74) is 0. The van der Waals surface area contributed by atoms with Gasteiger partial charge in [0, 0.05) is 0 Å². The summed E-state index contributed by atoms with van der Waals surface area (Å²) >= 11 is 0. The van der Waals surface area contributed by atoms with Gasteiger partial charge in [0.25, 0.3) is 0 Å². The van der Waals surface area contributed by atoms with Crippen LogP contribution in [0.3, 0.4) is 0 Å². The number of rotatable bonds is 1. The van der Waals surface area contributed by atoms with Crippen molar-refractivity contribution < 1.29 is 9.36 Å². The lowest BCUT2D eigenvalue weighted by Gasteiger charge is -1.39.